The molecule has 1 aliphatic rings. The fourth-order valence-corrected chi connectivity index (χ4v) is 2.52. The summed E-state index contributed by atoms with van der Waals surface area (Å²) < 4.78 is -1.45. The highest BCUT2D eigenvalue weighted by atomic mass is 35.5. The van der Waals surface area contributed by atoms with Gasteiger partial charge in [-0.15, -0.1) is 0 Å². The topological polar surface area (TPSA) is 29.1 Å². The SMILES string of the molecule is CC1(C(Cl)(Cl)C=O)NCCc2ccccc21. The van der Waals surface area contributed by atoms with Crippen molar-refractivity contribution in [1.29, 1.82) is 0 Å². The first-order valence-corrected chi connectivity index (χ1v) is 5.94. The number of rotatable bonds is 2. The molecule has 86 valence electrons. The fourth-order valence-electron chi connectivity index (χ4n) is 2.18. The van der Waals surface area contributed by atoms with Crippen LogP contribution in [-0.4, -0.2) is 17.2 Å². The Morgan fingerprint density at radius 2 is 2.12 bits per heavy atom. The van der Waals surface area contributed by atoms with E-state index in [4.69, 9.17) is 23.2 Å². The molecule has 1 N–H and O–H groups in total. The summed E-state index contributed by atoms with van der Waals surface area (Å²) in [5.74, 6) is 0. The Kier molecular flexibility index (Phi) is 2.99. The number of halogens is 2. The highest BCUT2D eigenvalue weighted by Crippen LogP contribution is 2.42. The summed E-state index contributed by atoms with van der Waals surface area (Å²) in [5, 5.41) is 3.25. The predicted octanol–water partition coefficient (Wildman–Crippen LogP) is 2.42. The van der Waals surface area contributed by atoms with Crippen LogP contribution in [0, 0.1) is 0 Å². The maximum absolute atomic E-state index is 11.0. The van der Waals surface area contributed by atoms with Gasteiger partial charge in [-0.05, 0) is 24.5 Å². The third-order valence-corrected chi connectivity index (χ3v) is 4.18. The molecule has 1 aromatic rings. The van der Waals surface area contributed by atoms with Gasteiger partial charge < -0.3 is 5.32 Å². The summed E-state index contributed by atoms with van der Waals surface area (Å²) in [4.78, 5) is 11.0. The number of aldehydes is 1. The lowest BCUT2D eigenvalue weighted by atomic mass is 9.81. The number of hydrogen-bond donors (Lipinski definition) is 1. The van der Waals surface area contributed by atoms with E-state index in [1.54, 1.807) is 0 Å². The van der Waals surface area contributed by atoms with Gasteiger partial charge in [0.15, 0.2) is 10.6 Å². The number of carbonyl (C=O) groups is 1. The van der Waals surface area contributed by atoms with Crippen LogP contribution in [-0.2, 0) is 16.8 Å². The Hall–Kier alpha value is -0.570. The standard InChI is InChI=1S/C12H13Cl2NO/c1-11(12(13,14)8-16)10-5-3-2-4-9(10)6-7-15-11/h2-5,8,15H,6-7H2,1H3. The van der Waals surface area contributed by atoms with Crippen LogP contribution in [0.2, 0.25) is 0 Å². The highest BCUT2D eigenvalue weighted by molar-refractivity contribution is 6.56. The van der Waals surface area contributed by atoms with Crippen LogP contribution in [0.5, 0.6) is 0 Å². The molecular weight excluding hydrogens is 245 g/mol. The molecule has 0 amide bonds. The van der Waals surface area contributed by atoms with Gasteiger partial charge in [-0.25, -0.2) is 0 Å². The molecule has 0 aliphatic carbocycles. The summed E-state index contributed by atoms with van der Waals surface area (Å²) in [6.45, 7) is 2.63. The Balaban J connectivity index is 2.56. The Morgan fingerprint density at radius 3 is 2.81 bits per heavy atom. The average molecular weight is 258 g/mol. The smallest absolute Gasteiger partial charge is 0.194 e. The number of nitrogens with one attached hydrogen (secondary N) is 1. The zero-order valence-corrected chi connectivity index (χ0v) is 10.5. The summed E-state index contributed by atoms with van der Waals surface area (Å²) in [6.07, 6.45) is 1.51. The van der Waals surface area contributed by atoms with Crippen molar-refractivity contribution in [2.75, 3.05) is 6.54 Å². The van der Waals surface area contributed by atoms with Gasteiger partial charge in [-0.2, -0.15) is 0 Å². The van der Waals surface area contributed by atoms with Gasteiger partial charge in [-0.3, -0.25) is 4.79 Å². The zero-order valence-electron chi connectivity index (χ0n) is 8.97. The summed E-state index contributed by atoms with van der Waals surface area (Å²) in [6, 6.07) is 7.92. The lowest BCUT2D eigenvalue weighted by Crippen LogP contribution is -2.56. The molecule has 2 nitrogen and oxygen atoms in total. The highest BCUT2D eigenvalue weighted by Gasteiger charge is 2.49. The Bertz CT molecular complexity index is 419. The minimum atomic E-state index is -1.45. The third-order valence-electron chi connectivity index (χ3n) is 3.24. The van der Waals surface area contributed by atoms with Gasteiger partial charge in [0.1, 0.15) is 0 Å². The second-order valence-electron chi connectivity index (χ2n) is 4.20. The van der Waals surface area contributed by atoms with E-state index in [0.29, 0.717) is 6.29 Å². The number of benzene rings is 1. The van der Waals surface area contributed by atoms with E-state index in [1.807, 2.05) is 31.2 Å². The van der Waals surface area contributed by atoms with E-state index >= 15 is 0 Å². The molecule has 0 aromatic heterocycles. The predicted molar refractivity (Wildman–Crippen MR) is 66.0 cm³/mol. The molecule has 1 atom stereocenters. The van der Waals surface area contributed by atoms with Gasteiger partial charge in [-0.1, -0.05) is 47.5 Å². The maximum atomic E-state index is 11.0. The minimum absolute atomic E-state index is 0.589. The second-order valence-corrected chi connectivity index (χ2v) is 5.59. The number of carbonyl (C=O) groups excluding carboxylic acids is 1. The lowest BCUT2D eigenvalue weighted by molar-refractivity contribution is -0.109. The first-order chi connectivity index (χ1) is 7.51. The maximum Gasteiger partial charge on any atom is 0.194 e. The van der Waals surface area contributed by atoms with E-state index in [2.05, 4.69) is 5.32 Å². The second kappa shape index (κ2) is 4.02. The molecule has 0 spiro atoms. The third kappa shape index (κ3) is 1.65. The molecule has 4 heteroatoms. The van der Waals surface area contributed by atoms with Crippen molar-refractivity contribution in [3.8, 4) is 0 Å². The monoisotopic (exact) mass is 257 g/mol. The Labute approximate surface area is 105 Å². The van der Waals surface area contributed by atoms with Gasteiger partial charge in [0.2, 0.25) is 0 Å². The van der Waals surface area contributed by atoms with Crippen molar-refractivity contribution in [3.63, 3.8) is 0 Å². The molecule has 0 radical (unpaired) electrons. The van der Waals surface area contributed by atoms with Gasteiger partial charge in [0.05, 0.1) is 5.54 Å². The molecule has 1 unspecified atom stereocenters. The molecular formula is C12H13Cl2NO. The molecule has 1 heterocycles. The largest absolute Gasteiger partial charge is 0.304 e. The van der Waals surface area contributed by atoms with Crippen molar-refractivity contribution in [1.82, 2.24) is 5.32 Å². The molecule has 16 heavy (non-hydrogen) atoms. The van der Waals surface area contributed by atoms with Crippen molar-refractivity contribution < 1.29 is 4.79 Å². The van der Waals surface area contributed by atoms with Crippen molar-refractivity contribution in [2.24, 2.45) is 0 Å². The molecule has 1 aliphatic heterocycles. The van der Waals surface area contributed by atoms with Crippen LogP contribution in [0.1, 0.15) is 18.1 Å². The molecule has 0 saturated carbocycles. The molecule has 0 bridgehead atoms. The molecule has 1 aromatic carbocycles. The van der Waals surface area contributed by atoms with E-state index in [0.717, 1.165) is 18.5 Å². The first kappa shape index (κ1) is 11.9. The minimum Gasteiger partial charge on any atom is -0.304 e. The van der Waals surface area contributed by atoms with Gasteiger partial charge in [0.25, 0.3) is 0 Å². The van der Waals surface area contributed by atoms with Crippen molar-refractivity contribution in [2.45, 2.75) is 23.2 Å². The van der Waals surface area contributed by atoms with Crippen LogP contribution in [0.25, 0.3) is 0 Å². The molecule has 0 fully saturated rings. The van der Waals surface area contributed by atoms with Crippen molar-refractivity contribution >= 4 is 29.5 Å². The normalized spacial score (nSPS) is 24.9. The number of fused-ring (bicyclic) bond motifs is 1. The van der Waals surface area contributed by atoms with Gasteiger partial charge >= 0.3 is 0 Å². The molecule has 0 saturated heterocycles. The zero-order chi connectivity index (χ0) is 11.8. The Morgan fingerprint density at radius 1 is 1.44 bits per heavy atom. The summed E-state index contributed by atoms with van der Waals surface area (Å²) in [5.41, 5.74) is 1.46. The molecule has 2 rings (SSSR count). The summed E-state index contributed by atoms with van der Waals surface area (Å²) in [7, 11) is 0. The van der Waals surface area contributed by atoms with Crippen LogP contribution in [0.15, 0.2) is 24.3 Å². The van der Waals surface area contributed by atoms with E-state index < -0.39 is 9.87 Å². The van der Waals surface area contributed by atoms with Crippen LogP contribution >= 0.6 is 23.2 Å². The first-order valence-electron chi connectivity index (χ1n) is 5.19. The lowest BCUT2D eigenvalue weighted by Gasteiger charge is -2.42. The summed E-state index contributed by atoms with van der Waals surface area (Å²) >= 11 is 12.2. The van der Waals surface area contributed by atoms with E-state index in [1.165, 1.54) is 5.56 Å². The van der Waals surface area contributed by atoms with Crippen LogP contribution in [0.4, 0.5) is 0 Å². The average Bonchev–Trinajstić information content (AvgIpc) is 2.29. The fraction of sp³-hybridized carbons (Fsp3) is 0.417. The quantitative estimate of drug-likeness (QED) is 0.652. The van der Waals surface area contributed by atoms with Crippen molar-refractivity contribution in [3.05, 3.63) is 35.4 Å². The number of alkyl halides is 2. The van der Waals surface area contributed by atoms with Crippen LogP contribution in [0.3, 0.4) is 0 Å². The number of hydrogen-bond acceptors (Lipinski definition) is 2. The van der Waals surface area contributed by atoms with Gasteiger partial charge in [0, 0.05) is 6.54 Å². The van der Waals surface area contributed by atoms with E-state index in [-0.39, 0.29) is 0 Å². The van der Waals surface area contributed by atoms with Crippen LogP contribution < -0.4 is 5.32 Å². The van der Waals surface area contributed by atoms with E-state index in [9.17, 15) is 4.79 Å².